The molecule has 0 unspecified atom stereocenters. The fourth-order valence-electron chi connectivity index (χ4n) is 1.54. The molecule has 0 fully saturated rings. The third-order valence-corrected chi connectivity index (χ3v) is 3.38. The first kappa shape index (κ1) is 17.8. The molecular weight excluding hydrogens is 347 g/mol. The van der Waals surface area contributed by atoms with Crippen LogP contribution in [0.25, 0.3) is 5.69 Å². The van der Waals surface area contributed by atoms with Gasteiger partial charge in [-0.05, 0) is 12.1 Å². The number of carbonyl (C=O) groups excluding carboxylic acids is 2. The number of para-hydroxylation sites is 1. The maximum atomic E-state index is 11.9. The number of thioether (sulfide) groups is 1. The van der Waals surface area contributed by atoms with Gasteiger partial charge in [0.15, 0.2) is 0 Å². The van der Waals surface area contributed by atoms with E-state index in [2.05, 4.69) is 10.1 Å². The lowest BCUT2D eigenvalue weighted by Gasteiger charge is -2.08. The summed E-state index contributed by atoms with van der Waals surface area (Å²) in [5, 5.41) is 7.76. The average molecular weight is 359 g/mol. The molecule has 3 amide bonds. The van der Waals surface area contributed by atoms with Gasteiger partial charge in [0.1, 0.15) is 12.9 Å². The third kappa shape index (κ3) is 5.91. The Morgan fingerprint density at radius 1 is 1.21 bits per heavy atom. The van der Waals surface area contributed by atoms with Gasteiger partial charge in [0, 0.05) is 0 Å². The van der Waals surface area contributed by atoms with Crippen molar-refractivity contribution >= 4 is 23.7 Å². The number of hydrogen-bond acceptors (Lipinski definition) is 5. The monoisotopic (exact) mass is 359 g/mol. The normalized spacial score (nSPS) is 11.1. The second-order valence-corrected chi connectivity index (χ2v) is 5.38. The molecule has 0 atom stereocenters. The Bertz CT molecular complexity index is 705. The van der Waals surface area contributed by atoms with Crippen molar-refractivity contribution in [2.24, 2.45) is 0 Å². The van der Waals surface area contributed by atoms with Crippen molar-refractivity contribution in [3.05, 3.63) is 36.7 Å². The van der Waals surface area contributed by atoms with E-state index in [0.29, 0.717) is 5.16 Å². The van der Waals surface area contributed by atoms with Gasteiger partial charge in [-0.3, -0.25) is 10.1 Å². The third-order valence-electron chi connectivity index (χ3n) is 2.53. The number of imide groups is 1. The van der Waals surface area contributed by atoms with Crippen molar-refractivity contribution in [3.63, 3.8) is 0 Å². The van der Waals surface area contributed by atoms with Gasteiger partial charge in [-0.1, -0.05) is 30.0 Å². The van der Waals surface area contributed by atoms with Crippen LogP contribution in [0.1, 0.15) is 0 Å². The van der Waals surface area contributed by atoms with Crippen molar-refractivity contribution in [1.82, 2.24) is 25.4 Å². The van der Waals surface area contributed by atoms with Crippen molar-refractivity contribution in [2.75, 3.05) is 12.3 Å². The molecule has 128 valence electrons. The van der Waals surface area contributed by atoms with Crippen molar-refractivity contribution < 1.29 is 22.8 Å². The summed E-state index contributed by atoms with van der Waals surface area (Å²) in [5.41, 5.74) is 0.785. The lowest BCUT2D eigenvalue weighted by molar-refractivity contribution is -0.124. The molecule has 0 bridgehead atoms. The van der Waals surface area contributed by atoms with E-state index in [-0.39, 0.29) is 5.75 Å². The summed E-state index contributed by atoms with van der Waals surface area (Å²) in [6.45, 7) is -1.51. The van der Waals surface area contributed by atoms with Crippen molar-refractivity contribution in [1.29, 1.82) is 0 Å². The molecule has 1 aromatic heterocycles. The summed E-state index contributed by atoms with van der Waals surface area (Å²) in [5.74, 6) is -0.964. The van der Waals surface area contributed by atoms with E-state index in [4.69, 9.17) is 0 Å². The van der Waals surface area contributed by atoms with Crippen LogP contribution in [0.15, 0.2) is 41.8 Å². The number of hydrogen-bond donors (Lipinski definition) is 2. The van der Waals surface area contributed by atoms with Crippen LogP contribution < -0.4 is 10.6 Å². The number of nitrogens with one attached hydrogen (secondary N) is 2. The van der Waals surface area contributed by atoms with Crippen LogP contribution in [-0.2, 0) is 4.79 Å². The van der Waals surface area contributed by atoms with Gasteiger partial charge >= 0.3 is 12.2 Å². The van der Waals surface area contributed by atoms with Crippen molar-refractivity contribution in [3.8, 4) is 5.69 Å². The quantitative estimate of drug-likeness (QED) is 0.794. The molecule has 24 heavy (non-hydrogen) atoms. The van der Waals surface area contributed by atoms with Crippen LogP contribution in [0.5, 0.6) is 0 Å². The molecule has 0 aliphatic heterocycles. The molecule has 0 spiro atoms. The lowest BCUT2D eigenvalue weighted by Crippen LogP contribution is -2.43. The zero-order valence-electron chi connectivity index (χ0n) is 12.1. The summed E-state index contributed by atoms with van der Waals surface area (Å²) in [6, 6.07) is 7.94. The summed E-state index contributed by atoms with van der Waals surface area (Å²) in [6.07, 6.45) is -3.07. The topological polar surface area (TPSA) is 88.9 Å². The smallest absolute Gasteiger partial charge is 0.329 e. The average Bonchev–Trinajstić information content (AvgIpc) is 3.00. The number of benzene rings is 1. The fraction of sp³-hybridized carbons (Fsp3) is 0.231. The number of alkyl halides is 3. The van der Waals surface area contributed by atoms with E-state index < -0.39 is 24.7 Å². The summed E-state index contributed by atoms with van der Waals surface area (Å²) >= 11 is 0.952. The zero-order chi connectivity index (χ0) is 17.6. The van der Waals surface area contributed by atoms with Gasteiger partial charge in [0.05, 0.1) is 11.4 Å². The highest BCUT2D eigenvalue weighted by molar-refractivity contribution is 7.99. The molecule has 11 heteroatoms. The molecule has 0 aliphatic rings. The molecule has 1 heterocycles. The first-order valence-corrected chi connectivity index (χ1v) is 7.56. The Hall–Kier alpha value is -2.56. The van der Waals surface area contributed by atoms with Gasteiger partial charge < -0.3 is 5.32 Å². The number of carbonyl (C=O) groups is 2. The largest absolute Gasteiger partial charge is 0.405 e. The van der Waals surface area contributed by atoms with Crippen LogP contribution in [0, 0.1) is 0 Å². The SMILES string of the molecule is O=C(CSc1ncn(-c2ccccc2)n1)NC(=O)NCC(F)(F)F. The Balaban J connectivity index is 1.78. The van der Waals surface area contributed by atoms with Gasteiger partial charge in [-0.2, -0.15) is 13.2 Å². The Labute approximate surface area is 138 Å². The molecule has 1 aromatic carbocycles. The van der Waals surface area contributed by atoms with Crippen molar-refractivity contribution in [2.45, 2.75) is 11.3 Å². The highest BCUT2D eigenvalue weighted by Crippen LogP contribution is 2.14. The Morgan fingerprint density at radius 2 is 1.92 bits per heavy atom. The molecular formula is C13H12F3N5O2S. The first-order valence-electron chi connectivity index (χ1n) is 6.58. The van der Waals surface area contributed by atoms with Crippen LogP contribution in [0.4, 0.5) is 18.0 Å². The minimum Gasteiger partial charge on any atom is -0.329 e. The zero-order valence-corrected chi connectivity index (χ0v) is 12.9. The van der Waals surface area contributed by atoms with E-state index in [0.717, 1.165) is 17.4 Å². The van der Waals surface area contributed by atoms with Crippen LogP contribution in [-0.4, -0.2) is 45.2 Å². The number of rotatable bonds is 5. The predicted octanol–water partition coefficient (Wildman–Crippen LogP) is 1.75. The molecule has 2 aromatic rings. The second kappa shape index (κ2) is 7.81. The maximum Gasteiger partial charge on any atom is 0.405 e. The Kier molecular flexibility index (Phi) is 5.79. The molecule has 0 saturated carbocycles. The standard InChI is InChI=1S/C13H12F3N5O2S/c14-13(15,16)7-17-11(23)19-10(22)6-24-12-18-8-21(20-12)9-4-2-1-3-5-9/h1-5,8H,6-7H2,(H2,17,19,22,23). The minimum atomic E-state index is -4.54. The molecule has 7 nitrogen and oxygen atoms in total. The highest BCUT2D eigenvalue weighted by atomic mass is 32.2. The minimum absolute atomic E-state index is 0.210. The molecule has 2 rings (SSSR count). The molecule has 0 aliphatic carbocycles. The second-order valence-electron chi connectivity index (χ2n) is 4.44. The Morgan fingerprint density at radius 3 is 2.58 bits per heavy atom. The maximum absolute atomic E-state index is 11.9. The van der Waals surface area contributed by atoms with Gasteiger partial charge in [0.25, 0.3) is 0 Å². The number of nitrogens with zero attached hydrogens (tertiary/aromatic N) is 3. The summed E-state index contributed by atoms with van der Waals surface area (Å²) in [7, 11) is 0. The van der Waals surface area contributed by atoms with Gasteiger partial charge in [0.2, 0.25) is 11.1 Å². The molecule has 0 radical (unpaired) electrons. The number of halogens is 3. The predicted molar refractivity (Wildman–Crippen MR) is 79.7 cm³/mol. The lowest BCUT2D eigenvalue weighted by atomic mass is 10.3. The highest BCUT2D eigenvalue weighted by Gasteiger charge is 2.27. The number of amides is 3. The first-order chi connectivity index (χ1) is 11.3. The summed E-state index contributed by atoms with van der Waals surface area (Å²) in [4.78, 5) is 26.6. The van der Waals surface area contributed by atoms with Gasteiger partial charge in [-0.25, -0.2) is 14.5 Å². The summed E-state index contributed by atoms with van der Waals surface area (Å²) < 4.78 is 37.3. The van der Waals surface area contributed by atoms with E-state index in [1.165, 1.54) is 16.3 Å². The van der Waals surface area contributed by atoms with Crippen LogP contribution in [0.3, 0.4) is 0 Å². The van der Waals surface area contributed by atoms with Gasteiger partial charge in [-0.15, -0.1) is 5.10 Å². The van der Waals surface area contributed by atoms with E-state index in [1.54, 1.807) is 5.32 Å². The fourth-order valence-corrected chi connectivity index (χ4v) is 2.14. The number of aromatic nitrogens is 3. The number of urea groups is 1. The van der Waals surface area contributed by atoms with Crippen LogP contribution >= 0.6 is 11.8 Å². The van der Waals surface area contributed by atoms with Crippen LogP contribution in [0.2, 0.25) is 0 Å². The molecule has 2 N–H and O–H groups in total. The van der Waals surface area contributed by atoms with E-state index in [9.17, 15) is 22.8 Å². The molecule has 0 saturated heterocycles. The van der Waals surface area contributed by atoms with E-state index in [1.807, 2.05) is 30.3 Å². The van der Waals surface area contributed by atoms with E-state index >= 15 is 0 Å².